The summed E-state index contributed by atoms with van der Waals surface area (Å²) in [7, 11) is -3.77. The second kappa shape index (κ2) is 4.44. The highest BCUT2D eigenvalue weighted by Gasteiger charge is 2.16. The molecule has 4 N–H and O–H groups in total. The van der Waals surface area contributed by atoms with E-state index in [2.05, 4.69) is 0 Å². The molecular formula is C13H14N2O2S. The molecule has 0 aromatic heterocycles. The Morgan fingerprint density at radius 1 is 1.00 bits per heavy atom. The zero-order valence-corrected chi connectivity index (χ0v) is 10.7. The molecule has 4 nitrogen and oxygen atoms in total. The molecule has 0 bridgehead atoms. The van der Waals surface area contributed by atoms with Crippen molar-refractivity contribution in [3.63, 3.8) is 0 Å². The predicted octanol–water partition coefficient (Wildman–Crippen LogP) is 1.89. The van der Waals surface area contributed by atoms with Crippen molar-refractivity contribution in [1.82, 2.24) is 0 Å². The van der Waals surface area contributed by atoms with Gasteiger partial charge in [0.25, 0.3) is 0 Å². The molecule has 5 heteroatoms. The number of rotatable bonds is 2. The molecule has 0 heterocycles. The summed E-state index contributed by atoms with van der Waals surface area (Å²) in [4.78, 5) is 0.0889. The topological polar surface area (TPSA) is 86.2 Å². The van der Waals surface area contributed by atoms with Crippen molar-refractivity contribution in [1.29, 1.82) is 0 Å². The highest BCUT2D eigenvalue weighted by molar-refractivity contribution is 7.89. The molecule has 0 spiro atoms. The molecule has 0 amide bonds. The molecular weight excluding hydrogens is 248 g/mol. The summed E-state index contributed by atoms with van der Waals surface area (Å²) in [5.41, 5.74) is 8.54. The van der Waals surface area contributed by atoms with Crippen LogP contribution in [0.5, 0.6) is 0 Å². The second-order valence-electron chi connectivity index (χ2n) is 4.12. The summed E-state index contributed by atoms with van der Waals surface area (Å²) in [6, 6.07) is 12.1. The normalized spacial score (nSPS) is 11.4. The van der Waals surface area contributed by atoms with Crippen LogP contribution >= 0.6 is 0 Å². The van der Waals surface area contributed by atoms with Crippen LogP contribution < -0.4 is 10.9 Å². The van der Waals surface area contributed by atoms with E-state index in [-0.39, 0.29) is 4.90 Å². The Bertz CT molecular complexity index is 694. The van der Waals surface area contributed by atoms with Crippen molar-refractivity contribution < 1.29 is 8.42 Å². The highest BCUT2D eigenvalue weighted by Crippen LogP contribution is 2.30. The quantitative estimate of drug-likeness (QED) is 0.810. The van der Waals surface area contributed by atoms with E-state index in [1.807, 2.05) is 31.2 Å². The van der Waals surface area contributed by atoms with Gasteiger partial charge in [-0.3, -0.25) is 0 Å². The minimum Gasteiger partial charge on any atom is -0.399 e. The van der Waals surface area contributed by atoms with Crippen molar-refractivity contribution in [2.45, 2.75) is 11.8 Å². The molecule has 0 radical (unpaired) electrons. The highest BCUT2D eigenvalue weighted by atomic mass is 32.2. The molecule has 0 aliphatic rings. The van der Waals surface area contributed by atoms with Crippen molar-refractivity contribution in [3.05, 3.63) is 48.0 Å². The molecule has 0 fully saturated rings. The van der Waals surface area contributed by atoms with Gasteiger partial charge in [-0.1, -0.05) is 24.3 Å². The van der Waals surface area contributed by atoms with E-state index in [0.717, 1.165) is 11.1 Å². The smallest absolute Gasteiger partial charge is 0.238 e. The maximum absolute atomic E-state index is 11.6. The Morgan fingerprint density at radius 2 is 1.67 bits per heavy atom. The third kappa shape index (κ3) is 2.37. The maximum Gasteiger partial charge on any atom is 0.238 e. The molecule has 0 saturated carbocycles. The van der Waals surface area contributed by atoms with Crippen LogP contribution in [0.3, 0.4) is 0 Å². The zero-order chi connectivity index (χ0) is 13.3. The van der Waals surface area contributed by atoms with Gasteiger partial charge in [0, 0.05) is 11.3 Å². The van der Waals surface area contributed by atoms with E-state index in [9.17, 15) is 8.42 Å². The lowest BCUT2D eigenvalue weighted by molar-refractivity contribution is 0.598. The molecule has 0 aliphatic heterocycles. The minimum absolute atomic E-state index is 0.0889. The molecule has 2 aromatic rings. The fourth-order valence-electron chi connectivity index (χ4n) is 1.88. The Hall–Kier alpha value is -1.85. The van der Waals surface area contributed by atoms with Gasteiger partial charge in [-0.15, -0.1) is 0 Å². The van der Waals surface area contributed by atoms with E-state index in [1.54, 1.807) is 6.07 Å². The number of hydrogen-bond donors (Lipinski definition) is 2. The zero-order valence-electron chi connectivity index (χ0n) is 9.92. The van der Waals surface area contributed by atoms with Crippen molar-refractivity contribution >= 4 is 15.7 Å². The van der Waals surface area contributed by atoms with Crippen LogP contribution in [-0.2, 0) is 10.0 Å². The number of aryl methyl sites for hydroxylation is 1. The summed E-state index contributed by atoms with van der Waals surface area (Å²) < 4.78 is 23.2. The van der Waals surface area contributed by atoms with Crippen molar-refractivity contribution in [3.8, 4) is 11.1 Å². The number of benzene rings is 2. The van der Waals surface area contributed by atoms with Gasteiger partial charge < -0.3 is 5.73 Å². The lowest BCUT2D eigenvalue weighted by Gasteiger charge is -2.11. The first-order valence-corrected chi connectivity index (χ1v) is 6.92. The van der Waals surface area contributed by atoms with Crippen LogP contribution in [0.25, 0.3) is 11.1 Å². The monoisotopic (exact) mass is 262 g/mol. The summed E-state index contributed by atoms with van der Waals surface area (Å²) >= 11 is 0. The van der Waals surface area contributed by atoms with Gasteiger partial charge in [0.15, 0.2) is 0 Å². The molecule has 0 atom stereocenters. The molecule has 2 rings (SSSR count). The second-order valence-corrected chi connectivity index (χ2v) is 5.65. The van der Waals surface area contributed by atoms with E-state index in [1.165, 1.54) is 12.1 Å². The van der Waals surface area contributed by atoms with Crippen LogP contribution in [0.4, 0.5) is 5.69 Å². The maximum atomic E-state index is 11.6. The van der Waals surface area contributed by atoms with Gasteiger partial charge in [0.1, 0.15) is 0 Å². The fourth-order valence-corrected chi connectivity index (χ4v) is 2.61. The molecule has 0 unspecified atom stereocenters. The Morgan fingerprint density at radius 3 is 2.28 bits per heavy atom. The molecule has 94 valence electrons. The average Bonchev–Trinajstić information content (AvgIpc) is 2.27. The Labute approximate surface area is 106 Å². The van der Waals surface area contributed by atoms with Gasteiger partial charge in [-0.25, -0.2) is 13.6 Å². The first-order valence-electron chi connectivity index (χ1n) is 5.38. The third-order valence-electron chi connectivity index (χ3n) is 2.75. The summed E-state index contributed by atoms with van der Waals surface area (Å²) in [6.45, 7) is 1.91. The van der Waals surface area contributed by atoms with E-state index < -0.39 is 10.0 Å². The Balaban J connectivity index is 2.79. The number of anilines is 1. The number of nitrogen functional groups attached to an aromatic ring is 1. The van der Waals surface area contributed by atoms with Crippen LogP contribution in [0.15, 0.2) is 47.4 Å². The van der Waals surface area contributed by atoms with Gasteiger partial charge in [-0.2, -0.15) is 0 Å². The lowest BCUT2D eigenvalue weighted by Crippen LogP contribution is -2.13. The first-order chi connectivity index (χ1) is 8.39. The summed E-state index contributed by atoms with van der Waals surface area (Å²) in [6.07, 6.45) is 0. The molecule has 2 aromatic carbocycles. The molecule has 18 heavy (non-hydrogen) atoms. The van der Waals surface area contributed by atoms with E-state index in [0.29, 0.717) is 11.3 Å². The van der Waals surface area contributed by atoms with Gasteiger partial charge in [-0.05, 0) is 36.2 Å². The van der Waals surface area contributed by atoms with Gasteiger partial charge in [0.2, 0.25) is 10.0 Å². The third-order valence-corrected chi connectivity index (χ3v) is 3.71. The van der Waals surface area contributed by atoms with Gasteiger partial charge in [0.05, 0.1) is 4.90 Å². The van der Waals surface area contributed by atoms with Crippen molar-refractivity contribution in [2.24, 2.45) is 5.14 Å². The molecule has 0 saturated heterocycles. The standard InChI is InChI=1S/C13H14N2O2S/c1-9-4-2-3-5-11(9)12-8-10(14)6-7-13(12)18(15,16)17/h2-8H,14H2,1H3,(H2,15,16,17). The van der Waals surface area contributed by atoms with Crippen LogP contribution in [0, 0.1) is 6.92 Å². The van der Waals surface area contributed by atoms with Gasteiger partial charge >= 0.3 is 0 Å². The van der Waals surface area contributed by atoms with Crippen molar-refractivity contribution in [2.75, 3.05) is 5.73 Å². The number of primary sulfonamides is 1. The average molecular weight is 262 g/mol. The fraction of sp³-hybridized carbons (Fsp3) is 0.0769. The van der Waals surface area contributed by atoms with Crippen LogP contribution in [-0.4, -0.2) is 8.42 Å². The number of hydrogen-bond acceptors (Lipinski definition) is 3. The SMILES string of the molecule is Cc1ccccc1-c1cc(N)ccc1S(N)(=O)=O. The number of nitrogens with two attached hydrogens (primary N) is 2. The summed E-state index contributed by atoms with van der Waals surface area (Å²) in [5.74, 6) is 0. The minimum atomic E-state index is -3.77. The summed E-state index contributed by atoms with van der Waals surface area (Å²) in [5, 5.41) is 5.23. The molecule has 0 aliphatic carbocycles. The first kappa shape index (κ1) is 12.6. The number of sulfonamides is 1. The van der Waals surface area contributed by atoms with E-state index >= 15 is 0 Å². The largest absolute Gasteiger partial charge is 0.399 e. The Kier molecular flexibility index (Phi) is 3.11. The van der Waals surface area contributed by atoms with Crippen LogP contribution in [0.1, 0.15) is 5.56 Å². The van der Waals surface area contributed by atoms with E-state index in [4.69, 9.17) is 10.9 Å². The van der Waals surface area contributed by atoms with Crippen LogP contribution in [0.2, 0.25) is 0 Å². The predicted molar refractivity (Wildman–Crippen MR) is 72.4 cm³/mol. The lowest BCUT2D eigenvalue weighted by atomic mass is 10.0.